The van der Waals surface area contributed by atoms with Crippen LogP contribution in [-0.2, 0) is 0 Å². The van der Waals surface area contributed by atoms with E-state index in [-0.39, 0.29) is 11.9 Å². The molecule has 2 aromatic carbocycles. The molecule has 0 amide bonds. The summed E-state index contributed by atoms with van der Waals surface area (Å²) < 4.78 is 18.1. The second-order valence-corrected chi connectivity index (χ2v) is 6.01. The number of benzene rings is 2. The number of anilines is 1. The van der Waals surface area contributed by atoms with Gasteiger partial charge in [-0.3, -0.25) is 0 Å². The fourth-order valence-corrected chi connectivity index (χ4v) is 2.53. The molecule has 0 bridgehead atoms. The average molecular weight is 332 g/mol. The van der Waals surface area contributed by atoms with Crippen LogP contribution >= 0.6 is 12.2 Å². The van der Waals surface area contributed by atoms with Crippen LogP contribution in [0.3, 0.4) is 0 Å². The Morgan fingerprint density at radius 2 is 1.65 bits per heavy atom. The van der Waals surface area contributed by atoms with Crippen LogP contribution in [0.2, 0.25) is 0 Å². The molecule has 0 aromatic heterocycles. The van der Waals surface area contributed by atoms with E-state index in [4.69, 9.17) is 17.0 Å². The molecule has 3 nitrogen and oxygen atoms in total. The molecule has 23 heavy (non-hydrogen) atoms. The summed E-state index contributed by atoms with van der Waals surface area (Å²) in [6.07, 6.45) is 0. The van der Waals surface area contributed by atoms with E-state index in [1.165, 1.54) is 12.1 Å². The Labute approximate surface area is 141 Å². The third-order valence-electron chi connectivity index (χ3n) is 3.53. The van der Waals surface area contributed by atoms with E-state index in [1.54, 1.807) is 19.2 Å². The van der Waals surface area contributed by atoms with Gasteiger partial charge in [-0.1, -0.05) is 26.0 Å². The van der Waals surface area contributed by atoms with Gasteiger partial charge in [0.15, 0.2) is 5.11 Å². The Morgan fingerprint density at radius 1 is 1.04 bits per heavy atom. The van der Waals surface area contributed by atoms with Crippen molar-refractivity contribution in [1.29, 1.82) is 0 Å². The standard InChI is InChI=1S/C18H21FN2OS/c1-12(2)17(13-4-10-16(22-3)11-5-13)21-18(23)20-15-8-6-14(19)7-9-15/h4-12,17H,1-3H3,(H2,20,21,23)/t17-/m1/s1. The Morgan fingerprint density at radius 3 is 2.17 bits per heavy atom. The SMILES string of the molecule is COc1ccc([C@H](NC(=S)Nc2ccc(F)cc2)C(C)C)cc1. The second kappa shape index (κ2) is 7.92. The van der Waals surface area contributed by atoms with Gasteiger partial charge < -0.3 is 15.4 Å². The molecule has 0 saturated heterocycles. The number of hydrogen-bond acceptors (Lipinski definition) is 2. The predicted octanol–water partition coefficient (Wildman–Crippen LogP) is 4.52. The maximum absolute atomic E-state index is 12.9. The lowest BCUT2D eigenvalue weighted by Crippen LogP contribution is -2.34. The number of methoxy groups -OCH3 is 1. The largest absolute Gasteiger partial charge is 0.497 e. The summed E-state index contributed by atoms with van der Waals surface area (Å²) in [7, 11) is 1.65. The number of halogens is 1. The average Bonchev–Trinajstić information content (AvgIpc) is 2.55. The summed E-state index contributed by atoms with van der Waals surface area (Å²) in [5, 5.41) is 6.90. The van der Waals surface area contributed by atoms with Crippen LogP contribution in [-0.4, -0.2) is 12.2 Å². The molecule has 0 saturated carbocycles. The zero-order valence-corrected chi connectivity index (χ0v) is 14.3. The maximum atomic E-state index is 12.9. The first kappa shape index (κ1) is 17.2. The predicted molar refractivity (Wildman–Crippen MR) is 96.3 cm³/mol. The highest BCUT2D eigenvalue weighted by molar-refractivity contribution is 7.80. The highest BCUT2D eigenvalue weighted by Gasteiger charge is 2.17. The van der Waals surface area contributed by atoms with Crippen molar-refractivity contribution in [3.8, 4) is 5.75 Å². The third kappa shape index (κ3) is 4.93. The van der Waals surface area contributed by atoms with Gasteiger partial charge in [-0.15, -0.1) is 0 Å². The lowest BCUT2D eigenvalue weighted by atomic mass is 9.96. The van der Waals surface area contributed by atoms with Crippen molar-refractivity contribution in [2.24, 2.45) is 5.92 Å². The second-order valence-electron chi connectivity index (χ2n) is 5.60. The molecule has 0 aliphatic rings. The summed E-state index contributed by atoms with van der Waals surface area (Å²) in [6.45, 7) is 4.25. The summed E-state index contributed by atoms with van der Waals surface area (Å²) in [5.74, 6) is 0.896. The van der Waals surface area contributed by atoms with E-state index in [9.17, 15) is 4.39 Å². The molecule has 2 rings (SSSR count). The minimum Gasteiger partial charge on any atom is -0.497 e. The van der Waals surface area contributed by atoms with E-state index >= 15 is 0 Å². The van der Waals surface area contributed by atoms with Gasteiger partial charge in [-0.25, -0.2) is 4.39 Å². The van der Waals surface area contributed by atoms with E-state index < -0.39 is 0 Å². The van der Waals surface area contributed by atoms with Gasteiger partial charge in [-0.2, -0.15) is 0 Å². The van der Waals surface area contributed by atoms with Crippen LogP contribution in [0.4, 0.5) is 10.1 Å². The minimum atomic E-state index is -0.271. The molecule has 0 aliphatic carbocycles. The fraction of sp³-hybridized carbons (Fsp3) is 0.278. The molecule has 2 N–H and O–H groups in total. The molecular formula is C18H21FN2OS. The van der Waals surface area contributed by atoms with Crippen LogP contribution in [0.5, 0.6) is 5.75 Å². The monoisotopic (exact) mass is 332 g/mol. The number of ether oxygens (including phenoxy) is 1. The smallest absolute Gasteiger partial charge is 0.171 e. The molecule has 1 atom stereocenters. The summed E-state index contributed by atoms with van der Waals surface area (Å²) in [4.78, 5) is 0. The van der Waals surface area contributed by atoms with Crippen molar-refractivity contribution < 1.29 is 9.13 Å². The van der Waals surface area contributed by atoms with Gasteiger partial charge in [0.1, 0.15) is 11.6 Å². The summed E-state index contributed by atoms with van der Waals surface area (Å²) in [6, 6.07) is 14.1. The molecule has 5 heteroatoms. The van der Waals surface area contributed by atoms with Crippen LogP contribution in [0.25, 0.3) is 0 Å². The van der Waals surface area contributed by atoms with E-state index in [2.05, 4.69) is 24.5 Å². The lowest BCUT2D eigenvalue weighted by Gasteiger charge is -2.25. The van der Waals surface area contributed by atoms with Crippen molar-refractivity contribution >= 4 is 23.0 Å². The van der Waals surface area contributed by atoms with E-state index in [1.807, 2.05) is 24.3 Å². The lowest BCUT2D eigenvalue weighted by molar-refractivity contribution is 0.413. The Kier molecular flexibility index (Phi) is 5.93. The molecule has 0 spiro atoms. The summed E-state index contributed by atoms with van der Waals surface area (Å²) in [5.41, 5.74) is 1.88. The molecular weight excluding hydrogens is 311 g/mol. The van der Waals surface area contributed by atoms with Gasteiger partial charge in [0.2, 0.25) is 0 Å². The molecule has 122 valence electrons. The van der Waals surface area contributed by atoms with Crippen molar-refractivity contribution in [2.75, 3.05) is 12.4 Å². The third-order valence-corrected chi connectivity index (χ3v) is 3.75. The Bertz CT molecular complexity index is 641. The first-order valence-electron chi connectivity index (χ1n) is 7.46. The Balaban J connectivity index is 2.06. The quantitative estimate of drug-likeness (QED) is 0.789. The molecule has 2 aromatic rings. The van der Waals surface area contributed by atoms with Crippen LogP contribution < -0.4 is 15.4 Å². The molecule has 0 unspecified atom stereocenters. The molecule has 0 radical (unpaired) electrons. The number of hydrogen-bond donors (Lipinski definition) is 2. The highest BCUT2D eigenvalue weighted by Crippen LogP contribution is 2.24. The zero-order valence-electron chi connectivity index (χ0n) is 13.5. The maximum Gasteiger partial charge on any atom is 0.171 e. The van der Waals surface area contributed by atoms with Gasteiger partial charge in [0.05, 0.1) is 13.2 Å². The van der Waals surface area contributed by atoms with Crippen LogP contribution in [0.1, 0.15) is 25.5 Å². The first-order chi connectivity index (χ1) is 11.0. The van der Waals surface area contributed by atoms with E-state index in [0.29, 0.717) is 11.0 Å². The Hall–Kier alpha value is -2.14. The van der Waals surface area contributed by atoms with Crippen LogP contribution in [0, 0.1) is 11.7 Å². The van der Waals surface area contributed by atoms with Gasteiger partial charge >= 0.3 is 0 Å². The highest BCUT2D eigenvalue weighted by atomic mass is 32.1. The number of rotatable bonds is 5. The zero-order chi connectivity index (χ0) is 16.8. The number of nitrogens with one attached hydrogen (secondary N) is 2. The van der Waals surface area contributed by atoms with Gasteiger partial charge in [-0.05, 0) is 60.1 Å². The van der Waals surface area contributed by atoms with Crippen molar-refractivity contribution in [1.82, 2.24) is 5.32 Å². The molecule has 0 aliphatic heterocycles. The van der Waals surface area contributed by atoms with Crippen LogP contribution in [0.15, 0.2) is 48.5 Å². The normalized spacial score (nSPS) is 11.9. The fourth-order valence-electron chi connectivity index (χ4n) is 2.29. The first-order valence-corrected chi connectivity index (χ1v) is 7.87. The van der Waals surface area contributed by atoms with Crippen molar-refractivity contribution in [2.45, 2.75) is 19.9 Å². The molecule has 0 heterocycles. The topological polar surface area (TPSA) is 33.3 Å². The number of thiocarbonyl (C=S) groups is 1. The molecule has 0 fully saturated rings. The van der Waals surface area contributed by atoms with Gasteiger partial charge in [0, 0.05) is 5.69 Å². The van der Waals surface area contributed by atoms with E-state index in [0.717, 1.165) is 17.0 Å². The summed E-state index contributed by atoms with van der Waals surface area (Å²) >= 11 is 5.37. The van der Waals surface area contributed by atoms with Crippen molar-refractivity contribution in [3.05, 3.63) is 59.9 Å². The minimum absolute atomic E-state index is 0.0707. The van der Waals surface area contributed by atoms with Crippen molar-refractivity contribution in [3.63, 3.8) is 0 Å². The van der Waals surface area contributed by atoms with Gasteiger partial charge in [0.25, 0.3) is 0 Å².